The third-order valence-corrected chi connectivity index (χ3v) is 3.30. The van der Waals surface area contributed by atoms with Crippen LogP contribution in [-0.2, 0) is 0 Å². The van der Waals surface area contributed by atoms with Crippen molar-refractivity contribution in [2.45, 2.75) is 25.7 Å². The van der Waals surface area contributed by atoms with Crippen LogP contribution in [0.3, 0.4) is 0 Å². The molecule has 2 N–H and O–H groups in total. The Bertz CT molecular complexity index is 633. The second kappa shape index (κ2) is 8.57. The minimum absolute atomic E-state index is 0.142. The van der Waals surface area contributed by atoms with Crippen molar-refractivity contribution >= 4 is 12.1 Å². The first-order valence-corrected chi connectivity index (χ1v) is 7.36. The van der Waals surface area contributed by atoms with Gasteiger partial charge in [0.25, 0.3) is 5.91 Å². The van der Waals surface area contributed by atoms with Gasteiger partial charge < -0.3 is 10.3 Å². The lowest BCUT2D eigenvalue weighted by atomic mass is 10.00. The first-order chi connectivity index (χ1) is 10.8. The molecule has 2 rings (SSSR count). The molecule has 22 heavy (non-hydrogen) atoms. The molecule has 0 aliphatic heterocycles. The maximum absolute atomic E-state index is 11.7. The predicted molar refractivity (Wildman–Crippen MR) is 84.7 cm³/mol. The highest BCUT2D eigenvalue weighted by molar-refractivity contribution is 5.90. The van der Waals surface area contributed by atoms with E-state index in [-0.39, 0.29) is 17.4 Å². The molecule has 6 nitrogen and oxygen atoms in total. The highest BCUT2D eigenvalue weighted by Crippen LogP contribution is 2.16. The SMILES string of the molecule is N#Cc1cnc(C(=O)NC/C=C\C=NCC2=CCCCC2)[nH]1. The van der Waals surface area contributed by atoms with Gasteiger partial charge in [-0.3, -0.25) is 9.79 Å². The van der Waals surface area contributed by atoms with E-state index in [0.29, 0.717) is 6.54 Å². The number of hydrogen-bond donors (Lipinski definition) is 2. The standard InChI is InChI=1S/C16H19N5O/c17-10-14-12-20-15(21-14)16(22)19-9-5-4-8-18-11-13-6-2-1-3-7-13/h4-6,8,12H,1-3,7,9,11H2,(H,19,22)(H,20,21)/b5-4-,18-8?. The zero-order valence-corrected chi connectivity index (χ0v) is 12.4. The fourth-order valence-electron chi connectivity index (χ4n) is 2.14. The monoisotopic (exact) mass is 297 g/mol. The van der Waals surface area contributed by atoms with Crippen molar-refractivity contribution in [3.63, 3.8) is 0 Å². The number of amides is 1. The zero-order valence-electron chi connectivity index (χ0n) is 12.4. The molecule has 0 aromatic carbocycles. The summed E-state index contributed by atoms with van der Waals surface area (Å²) in [5.74, 6) is -0.196. The molecule has 0 saturated heterocycles. The fourth-order valence-corrected chi connectivity index (χ4v) is 2.14. The first kappa shape index (κ1) is 15.7. The van der Waals surface area contributed by atoms with Crippen LogP contribution in [0, 0.1) is 11.3 Å². The molecule has 1 heterocycles. The number of aromatic amines is 1. The smallest absolute Gasteiger partial charge is 0.287 e. The second-order valence-electron chi connectivity index (χ2n) is 4.99. The van der Waals surface area contributed by atoms with E-state index >= 15 is 0 Å². The molecule has 0 unspecified atom stereocenters. The minimum Gasteiger partial charge on any atom is -0.346 e. The summed E-state index contributed by atoms with van der Waals surface area (Å²) in [6.07, 6.45) is 13.9. The molecule has 6 heteroatoms. The van der Waals surface area contributed by atoms with Crippen LogP contribution in [0.15, 0.2) is 35.0 Å². The number of nitriles is 1. The number of allylic oxidation sites excluding steroid dienone is 2. The number of aliphatic imine (C=N–C) groups is 1. The number of rotatable bonds is 6. The van der Waals surface area contributed by atoms with Gasteiger partial charge in [0.1, 0.15) is 11.8 Å². The quantitative estimate of drug-likeness (QED) is 0.622. The third-order valence-electron chi connectivity index (χ3n) is 3.30. The van der Waals surface area contributed by atoms with Crippen LogP contribution < -0.4 is 5.32 Å². The van der Waals surface area contributed by atoms with Crippen LogP contribution >= 0.6 is 0 Å². The largest absolute Gasteiger partial charge is 0.346 e. The average Bonchev–Trinajstić information content (AvgIpc) is 3.04. The van der Waals surface area contributed by atoms with Gasteiger partial charge in [0.15, 0.2) is 5.82 Å². The van der Waals surface area contributed by atoms with Crippen LogP contribution in [-0.4, -0.2) is 35.2 Å². The van der Waals surface area contributed by atoms with E-state index in [4.69, 9.17) is 5.26 Å². The van der Waals surface area contributed by atoms with Crippen LogP contribution in [0.25, 0.3) is 0 Å². The van der Waals surface area contributed by atoms with Crippen molar-refractivity contribution in [3.8, 4) is 6.07 Å². The molecule has 0 saturated carbocycles. The van der Waals surface area contributed by atoms with Crippen molar-refractivity contribution in [2.24, 2.45) is 4.99 Å². The number of imidazole rings is 1. The van der Waals surface area contributed by atoms with E-state index in [1.165, 1.54) is 31.0 Å². The Hall–Kier alpha value is -2.68. The summed E-state index contributed by atoms with van der Waals surface area (Å²) in [6.45, 7) is 1.15. The van der Waals surface area contributed by atoms with Gasteiger partial charge in [-0.05, 0) is 31.8 Å². The Morgan fingerprint density at radius 1 is 1.55 bits per heavy atom. The zero-order chi connectivity index (χ0) is 15.6. The molecule has 0 radical (unpaired) electrons. The number of nitrogens with zero attached hydrogens (tertiary/aromatic N) is 3. The van der Waals surface area contributed by atoms with Gasteiger partial charge in [-0.2, -0.15) is 5.26 Å². The summed E-state index contributed by atoms with van der Waals surface area (Å²) in [4.78, 5) is 22.5. The number of H-pyrrole nitrogens is 1. The summed E-state index contributed by atoms with van der Waals surface area (Å²) in [5.41, 5.74) is 1.68. The van der Waals surface area contributed by atoms with E-state index in [2.05, 4.69) is 26.4 Å². The van der Waals surface area contributed by atoms with E-state index < -0.39 is 0 Å². The summed E-state index contributed by atoms with van der Waals surface area (Å²) < 4.78 is 0. The van der Waals surface area contributed by atoms with Gasteiger partial charge >= 0.3 is 0 Å². The second-order valence-corrected chi connectivity index (χ2v) is 4.99. The molecule has 1 aromatic rings. The Morgan fingerprint density at radius 2 is 2.45 bits per heavy atom. The normalized spacial score (nSPS) is 15.0. The van der Waals surface area contributed by atoms with Gasteiger partial charge in [-0.15, -0.1) is 0 Å². The van der Waals surface area contributed by atoms with Crippen molar-refractivity contribution in [1.29, 1.82) is 5.26 Å². The Kier molecular flexibility index (Phi) is 6.12. The van der Waals surface area contributed by atoms with Gasteiger partial charge in [0, 0.05) is 12.8 Å². The van der Waals surface area contributed by atoms with Crippen LogP contribution in [0.1, 0.15) is 42.0 Å². The van der Waals surface area contributed by atoms with Crippen LogP contribution in [0.5, 0.6) is 0 Å². The van der Waals surface area contributed by atoms with Gasteiger partial charge in [-0.25, -0.2) is 4.98 Å². The van der Waals surface area contributed by atoms with Crippen molar-refractivity contribution in [3.05, 3.63) is 41.5 Å². The first-order valence-electron chi connectivity index (χ1n) is 7.36. The molecule has 1 amide bonds. The maximum Gasteiger partial charge on any atom is 0.287 e. The topological polar surface area (TPSA) is 93.9 Å². The Balaban J connectivity index is 1.66. The third kappa shape index (κ3) is 5.02. The number of hydrogen-bond acceptors (Lipinski definition) is 4. The molecular weight excluding hydrogens is 278 g/mol. The van der Waals surface area contributed by atoms with Crippen LogP contribution in [0.2, 0.25) is 0 Å². The van der Waals surface area contributed by atoms with E-state index in [1.807, 2.05) is 18.2 Å². The van der Waals surface area contributed by atoms with Crippen molar-refractivity contribution in [1.82, 2.24) is 15.3 Å². The van der Waals surface area contributed by atoms with E-state index in [0.717, 1.165) is 13.0 Å². The molecule has 1 aliphatic rings. The lowest BCUT2D eigenvalue weighted by Crippen LogP contribution is -2.24. The Labute approximate surface area is 129 Å². The van der Waals surface area contributed by atoms with Gasteiger partial charge in [-0.1, -0.05) is 17.7 Å². The molecule has 0 fully saturated rings. The van der Waals surface area contributed by atoms with Gasteiger partial charge in [0.2, 0.25) is 0 Å². The maximum atomic E-state index is 11.7. The van der Waals surface area contributed by atoms with E-state index in [9.17, 15) is 4.79 Å². The molecule has 0 bridgehead atoms. The van der Waals surface area contributed by atoms with Crippen LogP contribution in [0.4, 0.5) is 0 Å². The van der Waals surface area contributed by atoms with Gasteiger partial charge in [0.05, 0.1) is 12.7 Å². The number of aromatic nitrogens is 2. The Morgan fingerprint density at radius 3 is 3.18 bits per heavy atom. The van der Waals surface area contributed by atoms with E-state index in [1.54, 1.807) is 6.21 Å². The summed E-state index contributed by atoms with van der Waals surface area (Å²) >= 11 is 0. The number of carbonyl (C=O) groups is 1. The molecule has 114 valence electrons. The summed E-state index contributed by atoms with van der Waals surface area (Å²) in [6, 6.07) is 1.89. The molecule has 0 atom stereocenters. The number of carbonyl (C=O) groups excluding carboxylic acids is 1. The minimum atomic E-state index is -0.338. The number of nitrogens with one attached hydrogen (secondary N) is 2. The molecular formula is C16H19N5O. The highest BCUT2D eigenvalue weighted by atomic mass is 16.2. The summed E-state index contributed by atoms with van der Waals surface area (Å²) in [5, 5.41) is 11.3. The lowest BCUT2D eigenvalue weighted by molar-refractivity contribution is 0.0948. The molecule has 1 aliphatic carbocycles. The van der Waals surface area contributed by atoms with Crippen molar-refractivity contribution < 1.29 is 4.79 Å². The molecule has 0 spiro atoms. The highest BCUT2D eigenvalue weighted by Gasteiger charge is 2.08. The molecule has 1 aromatic heterocycles. The fraction of sp³-hybridized carbons (Fsp3) is 0.375. The van der Waals surface area contributed by atoms with Crippen molar-refractivity contribution in [2.75, 3.05) is 13.1 Å². The predicted octanol–water partition coefficient (Wildman–Crippen LogP) is 2.14. The average molecular weight is 297 g/mol. The lowest BCUT2D eigenvalue weighted by Gasteiger charge is -2.09. The summed E-state index contributed by atoms with van der Waals surface area (Å²) in [7, 11) is 0.